The quantitative estimate of drug-likeness (QED) is 0.662. The van der Waals surface area contributed by atoms with Crippen LogP contribution in [-0.2, 0) is 0 Å². The number of halogens is 2. The zero-order valence-corrected chi connectivity index (χ0v) is 15.8. The molecule has 0 bridgehead atoms. The second-order valence-corrected chi connectivity index (χ2v) is 7.00. The second-order valence-electron chi connectivity index (χ2n) is 6.16. The number of carbonyl (C=O) groups excluding carboxylic acids is 1. The van der Waals surface area contributed by atoms with Gasteiger partial charge in [-0.15, -0.1) is 10.2 Å². The Kier molecular flexibility index (Phi) is 5.01. The summed E-state index contributed by atoms with van der Waals surface area (Å²) < 4.78 is 5.32. The van der Waals surface area contributed by atoms with Crippen molar-refractivity contribution in [3.8, 4) is 11.5 Å². The third-order valence-electron chi connectivity index (χ3n) is 4.47. The summed E-state index contributed by atoms with van der Waals surface area (Å²) in [6, 6.07) is 12.4. The predicted octanol–water partition coefficient (Wildman–Crippen LogP) is 4.01. The van der Waals surface area contributed by atoms with Crippen molar-refractivity contribution in [2.75, 3.05) is 31.1 Å². The number of carbonyl (C=O) groups is 1. The molecule has 1 aliphatic rings. The van der Waals surface area contributed by atoms with Crippen molar-refractivity contribution in [3.63, 3.8) is 0 Å². The van der Waals surface area contributed by atoms with Crippen LogP contribution in [0.3, 0.4) is 0 Å². The van der Waals surface area contributed by atoms with Gasteiger partial charge in [-0.1, -0.05) is 23.2 Å². The SMILES string of the molecule is O=C(c1cc(Cl)ccc1Cl)N1CCN(c2ccc(-c3ccco3)nn2)CC1. The summed E-state index contributed by atoms with van der Waals surface area (Å²) in [5, 5.41) is 9.41. The van der Waals surface area contributed by atoms with Gasteiger partial charge in [-0.2, -0.15) is 0 Å². The molecule has 4 rings (SSSR count). The Bertz CT molecular complexity index is 937. The number of anilines is 1. The maximum Gasteiger partial charge on any atom is 0.255 e. The number of aromatic nitrogens is 2. The first kappa shape index (κ1) is 17.8. The topological polar surface area (TPSA) is 62.5 Å². The third-order valence-corrected chi connectivity index (χ3v) is 5.04. The van der Waals surface area contributed by atoms with Gasteiger partial charge in [-0.25, -0.2) is 0 Å². The molecule has 3 heterocycles. The van der Waals surface area contributed by atoms with Gasteiger partial charge >= 0.3 is 0 Å². The van der Waals surface area contributed by atoms with Gasteiger partial charge < -0.3 is 14.2 Å². The van der Waals surface area contributed by atoms with Crippen LogP contribution in [0.15, 0.2) is 53.1 Å². The summed E-state index contributed by atoms with van der Waals surface area (Å²) >= 11 is 12.1. The molecule has 0 atom stereocenters. The molecule has 0 N–H and O–H groups in total. The van der Waals surface area contributed by atoms with Crippen molar-refractivity contribution in [1.29, 1.82) is 0 Å². The number of rotatable bonds is 3. The lowest BCUT2D eigenvalue weighted by atomic mass is 10.1. The lowest BCUT2D eigenvalue weighted by molar-refractivity contribution is 0.0746. The van der Waals surface area contributed by atoms with Crippen molar-refractivity contribution >= 4 is 34.9 Å². The van der Waals surface area contributed by atoms with E-state index in [-0.39, 0.29) is 5.91 Å². The normalized spacial score (nSPS) is 14.4. The fourth-order valence-corrected chi connectivity index (χ4v) is 3.39. The lowest BCUT2D eigenvalue weighted by Crippen LogP contribution is -2.49. The summed E-state index contributed by atoms with van der Waals surface area (Å²) in [5.41, 5.74) is 1.12. The molecule has 0 radical (unpaired) electrons. The van der Waals surface area contributed by atoms with Crippen molar-refractivity contribution in [2.24, 2.45) is 0 Å². The first-order chi connectivity index (χ1) is 13.1. The number of hydrogen-bond donors (Lipinski definition) is 0. The fraction of sp³-hybridized carbons (Fsp3) is 0.211. The number of hydrogen-bond acceptors (Lipinski definition) is 5. The maximum absolute atomic E-state index is 12.7. The summed E-state index contributed by atoms with van der Waals surface area (Å²) in [6.07, 6.45) is 1.60. The van der Waals surface area contributed by atoms with E-state index < -0.39 is 0 Å². The first-order valence-electron chi connectivity index (χ1n) is 8.49. The Morgan fingerprint density at radius 1 is 1.00 bits per heavy atom. The van der Waals surface area contributed by atoms with Crippen LogP contribution in [0.2, 0.25) is 10.0 Å². The van der Waals surface area contributed by atoms with Crippen LogP contribution in [0.25, 0.3) is 11.5 Å². The molecule has 8 heteroatoms. The predicted molar refractivity (Wildman–Crippen MR) is 104 cm³/mol. The molecule has 1 aromatic carbocycles. The zero-order chi connectivity index (χ0) is 18.8. The van der Waals surface area contributed by atoms with Crippen molar-refractivity contribution < 1.29 is 9.21 Å². The minimum atomic E-state index is -0.110. The molecule has 138 valence electrons. The van der Waals surface area contributed by atoms with E-state index in [0.29, 0.717) is 53.2 Å². The Morgan fingerprint density at radius 3 is 2.48 bits per heavy atom. The standard InChI is InChI=1S/C19H16Cl2N4O2/c20-13-3-4-15(21)14(12-13)19(26)25-9-7-24(8-10-25)18-6-5-16(22-23-18)17-2-1-11-27-17/h1-6,11-12H,7-10H2. The van der Waals surface area contributed by atoms with E-state index in [1.807, 2.05) is 24.3 Å². The monoisotopic (exact) mass is 402 g/mol. The van der Waals surface area contributed by atoms with E-state index in [9.17, 15) is 4.79 Å². The van der Waals surface area contributed by atoms with E-state index in [0.717, 1.165) is 5.82 Å². The molecule has 6 nitrogen and oxygen atoms in total. The number of nitrogens with zero attached hydrogens (tertiary/aromatic N) is 4. The van der Waals surface area contributed by atoms with Gasteiger partial charge in [0.2, 0.25) is 0 Å². The molecule has 1 saturated heterocycles. The van der Waals surface area contributed by atoms with Gasteiger partial charge in [-0.3, -0.25) is 4.79 Å². The average Bonchev–Trinajstić information content (AvgIpc) is 3.24. The van der Waals surface area contributed by atoms with Gasteiger partial charge in [0.25, 0.3) is 5.91 Å². The first-order valence-corrected chi connectivity index (χ1v) is 9.24. The molecule has 1 fully saturated rings. The minimum Gasteiger partial charge on any atom is -0.463 e. The highest BCUT2D eigenvalue weighted by Gasteiger charge is 2.24. The van der Waals surface area contributed by atoms with E-state index in [1.54, 1.807) is 29.4 Å². The van der Waals surface area contributed by atoms with Crippen molar-refractivity contribution in [1.82, 2.24) is 15.1 Å². The number of benzene rings is 1. The van der Waals surface area contributed by atoms with E-state index in [2.05, 4.69) is 15.1 Å². The van der Waals surface area contributed by atoms with Gasteiger partial charge in [0.15, 0.2) is 11.6 Å². The van der Waals surface area contributed by atoms with Crippen LogP contribution in [-0.4, -0.2) is 47.2 Å². The van der Waals surface area contributed by atoms with Gasteiger partial charge in [0.05, 0.1) is 16.8 Å². The summed E-state index contributed by atoms with van der Waals surface area (Å²) in [6.45, 7) is 2.48. The summed E-state index contributed by atoms with van der Waals surface area (Å²) in [5.74, 6) is 1.35. The van der Waals surface area contributed by atoms with Crippen LogP contribution >= 0.6 is 23.2 Å². The molecule has 0 aliphatic carbocycles. The largest absolute Gasteiger partial charge is 0.463 e. The second kappa shape index (κ2) is 7.58. The van der Waals surface area contributed by atoms with Crippen molar-refractivity contribution in [3.05, 3.63) is 64.3 Å². The molecule has 27 heavy (non-hydrogen) atoms. The summed E-state index contributed by atoms with van der Waals surface area (Å²) in [7, 11) is 0. The number of furan rings is 1. The average molecular weight is 403 g/mol. The highest BCUT2D eigenvalue weighted by molar-refractivity contribution is 6.35. The number of piperazine rings is 1. The molecule has 0 unspecified atom stereocenters. The lowest BCUT2D eigenvalue weighted by Gasteiger charge is -2.35. The smallest absolute Gasteiger partial charge is 0.255 e. The molecule has 1 aliphatic heterocycles. The molecular formula is C19H16Cl2N4O2. The summed E-state index contributed by atoms with van der Waals surface area (Å²) in [4.78, 5) is 16.6. The highest BCUT2D eigenvalue weighted by Crippen LogP contribution is 2.24. The van der Waals surface area contributed by atoms with Gasteiger partial charge in [0, 0.05) is 31.2 Å². The third kappa shape index (κ3) is 3.77. The van der Waals surface area contributed by atoms with E-state index in [1.165, 1.54) is 0 Å². The molecule has 0 saturated carbocycles. The van der Waals surface area contributed by atoms with E-state index >= 15 is 0 Å². The van der Waals surface area contributed by atoms with E-state index in [4.69, 9.17) is 27.6 Å². The van der Waals surface area contributed by atoms with Crippen LogP contribution in [0.4, 0.5) is 5.82 Å². The van der Waals surface area contributed by atoms with Gasteiger partial charge in [-0.05, 0) is 42.5 Å². The molecule has 2 aromatic heterocycles. The Morgan fingerprint density at radius 2 is 1.81 bits per heavy atom. The molecule has 3 aromatic rings. The highest BCUT2D eigenvalue weighted by atomic mass is 35.5. The van der Waals surface area contributed by atoms with Crippen molar-refractivity contribution in [2.45, 2.75) is 0 Å². The van der Waals surface area contributed by atoms with Gasteiger partial charge in [0.1, 0.15) is 5.69 Å². The van der Waals surface area contributed by atoms with Crippen LogP contribution in [0.1, 0.15) is 10.4 Å². The van der Waals surface area contributed by atoms with Crippen LogP contribution in [0, 0.1) is 0 Å². The number of amides is 1. The Hall–Kier alpha value is -2.57. The molecule has 0 spiro atoms. The Labute approximate surface area is 166 Å². The zero-order valence-electron chi connectivity index (χ0n) is 14.3. The Balaban J connectivity index is 1.41. The van der Waals surface area contributed by atoms with Crippen LogP contribution in [0.5, 0.6) is 0 Å². The minimum absolute atomic E-state index is 0.110. The fourth-order valence-electron chi connectivity index (χ4n) is 3.02. The van der Waals surface area contributed by atoms with Crippen LogP contribution < -0.4 is 4.90 Å². The molecule has 1 amide bonds. The maximum atomic E-state index is 12.7. The molecular weight excluding hydrogens is 387 g/mol.